The van der Waals surface area contributed by atoms with Gasteiger partial charge in [-0.15, -0.1) is 0 Å². The molecule has 0 heterocycles. The molecule has 0 aliphatic heterocycles. The summed E-state index contributed by atoms with van der Waals surface area (Å²) in [6, 6.07) is 10.2. The Morgan fingerprint density at radius 2 is 1.90 bits per heavy atom. The molecule has 0 aliphatic rings. The van der Waals surface area contributed by atoms with Crippen LogP contribution in [-0.2, 0) is 0 Å². The zero-order valence-electron chi connectivity index (χ0n) is 11.0. The van der Waals surface area contributed by atoms with Crippen LogP contribution in [0.15, 0.2) is 36.4 Å². The maximum Gasteiger partial charge on any atom is 0.190 e. The van der Waals surface area contributed by atoms with Gasteiger partial charge in [0.2, 0.25) is 0 Å². The maximum atomic E-state index is 14.0. The Kier molecular flexibility index (Phi) is 4.35. The molecule has 0 bridgehead atoms. The van der Waals surface area contributed by atoms with Crippen LogP contribution in [0.25, 0.3) is 0 Å². The van der Waals surface area contributed by atoms with E-state index < -0.39 is 28.9 Å². The number of nitrogens with zero attached hydrogens (tertiary/aromatic N) is 1. The number of Topliss-reactive ketones (excluding diaryl/α,β-unsaturated/α-hetero) is 1. The van der Waals surface area contributed by atoms with Crippen molar-refractivity contribution in [2.45, 2.75) is 12.8 Å². The Morgan fingerprint density at radius 1 is 1.24 bits per heavy atom. The average molecular weight is 306 g/mol. The maximum absolute atomic E-state index is 14.0. The minimum Gasteiger partial charge on any atom is -0.292 e. The van der Waals surface area contributed by atoms with Crippen molar-refractivity contribution in [3.63, 3.8) is 0 Å². The Hall–Kier alpha value is -2.25. The van der Waals surface area contributed by atoms with E-state index in [1.807, 2.05) is 0 Å². The van der Waals surface area contributed by atoms with Gasteiger partial charge in [0.15, 0.2) is 5.78 Å². The van der Waals surface area contributed by atoms with E-state index in [2.05, 4.69) is 0 Å². The predicted molar refractivity (Wildman–Crippen MR) is 75.2 cm³/mol. The average Bonchev–Trinajstić information content (AvgIpc) is 2.46. The summed E-state index contributed by atoms with van der Waals surface area (Å²) in [7, 11) is 0. The highest BCUT2D eigenvalue weighted by Crippen LogP contribution is 2.29. The number of rotatable bonds is 3. The van der Waals surface area contributed by atoms with Crippen molar-refractivity contribution in [2.24, 2.45) is 0 Å². The highest BCUT2D eigenvalue weighted by molar-refractivity contribution is 6.31. The first-order valence-corrected chi connectivity index (χ1v) is 6.48. The van der Waals surface area contributed by atoms with Gasteiger partial charge in [-0.25, -0.2) is 8.78 Å². The molecule has 106 valence electrons. The molecule has 0 saturated heterocycles. The highest BCUT2D eigenvalue weighted by atomic mass is 35.5. The van der Waals surface area contributed by atoms with E-state index in [0.717, 1.165) is 6.07 Å². The molecular formula is C16H10ClF2NO. The molecule has 21 heavy (non-hydrogen) atoms. The first-order chi connectivity index (χ1) is 9.97. The van der Waals surface area contributed by atoms with Gasteiger partial charge in [0.25, 0.3) is 0 Å². The number of nitriles is 1. The van der Waals surface area contributed by atoms with Gasteiger partial charge in [-0.05, 0) is 30.2 Å². The van der Waals surface area contributed by atoms with Crippen molar-refractivity contribution in [1.82, 2.24) is 0 Å². The molecule has 0 aliphatic carbocycles. The second-order valence-electron chi connectivity index (χ2n) is 4.50. The van der Waals surface area contributed by atoms with Crippen LogP contribution in [0.3, 0.4) is 0 Å². The lowest BCUT2D eigenvalue weighted by Crippen LogP contribution is -2.16. The van der Waals surface area contributed by atoms with Crippen molar-refractivity contribution in [2.75, 3.05) is 0 Å². The standard InChI is InChI=1S/C16H10ClF2NO/c1-9-6-7-13(18)14(15(9)19)16(21)11(8-20)10-4-2-3-5-12(10)17/h2-7,11H,1H3. The zero-order chi connectivity index (χ0) is 15.6. The van der Waals surface area contributed by atoms with Crippen LogP contribution in [0.4, 0.5) is 8.78 Å². The molecule has 0 fully saturated rings. The number of ketones is 1. The van der Waals surface area contributed by atoms with Crippen LogP contribution in [0.1, 0.15) is 27.4 Å². The van der Waals surface area contributed by atoms with Crippen molar-refractivity contribution < 1.29 is 13.6 Å². The fraction of sp³-hybridized carbons (Fsp3) is 0.125. The molecule has 0 spiro atoms. The van der Waals surface area contributed by atoms with Crippen LogP contribution < -0.4 is 0 Å². The van der Waals surface area contributed by atoms with Gasteiger partial charge in [-0.2, -0.15) is 5.26 Å². The van der Waals surface area contributed by atoms with Gasteiger partial charge in [-0.1, -0.05) is 35.9 Å². The van der Waals surface area contributed by atoms with Gasteiger partial charge >= 0.3 is 0 Å². The SMILES string of the molecule is Cc1ccc(F)c(C(=O)C(C#N)c2ccccc2Cl)c1F. The third-order valence-electron chi connectivity index (χ3n) is 3.14. The Balaban J connectivity index is 2.56. The van der Waals surface area contributed by atoms with Crippen LogP contribution >= 0.6 is 11.6 Å². The van der Waals surface area contributed by atoms with Crippen molar-refractivity contribution in [3.05, 3.63) is 69.7 Å². The number of aryl methyl sites for hydroxylation is 1. The van der Waals surface area contributed by atoms with Crippen LogP contribution in [0.5, 0.6) is 0 Å². The number of hydrogen-bond acceptors (Lipinski definition) is 2. The van der Waals surface area contributed by atoms with Gasteiger partial charge in [-0.3, -0.25) is 4.79 Å². The molecule has 0 amide bonds. The summed E-state index contributed by atoms with van der Waals surface area (Å²) in [5, 5.41) is 9.41. The zero-order valence-corrected chi connectivity index (χ0v) is 11.8. The number of benzene rings is 2. The number of halogens is 3. The van der Waals surface area contributed by atoms with Crippen LogP contribution in [0.2, 0.25) is 5.02 Å². The molecule has 2 aromatic rings. The molecule has 1 unspecified atom stereocenters. The van der Waals surface area contributed by atoms with E-state index in [0.29, 0.717) is 0 Å². The van der Waals surface area contributed by atoms with Crippen LogP contribution in [0, 0.1) is 29.9 Å². The fourth-order valence-electron chi connectivity index (χ4n) is 2.01. The second kappa shape index (κ2) is 6.02. The predicted octanol–water partition coefficient (Wildman–Crippen LogP) is 4.42. The second-order valence-corrected chi connectivity index (χ2v) is 4.91. The topological polar surface area (TPSA) is 40.9 Å². The first kappa shape index (κ1) is 15.1. The van der Waals surface area contributed by atoms with E-state index in [1.165, 1.54) is 25.1 Å². The summed E-state index contributed by atoms with van der Waals surface area (Å²) in [5.41, 5.74) is -0.343. The molecule has 2 aromatic carbocycles. The molecule has 0 radical (unpaired) electrons. The van der Waals surface area contributed by atoms with Gasteiger partial charge in [0, 0.05) is 5.02 Å². The molecular weight excluding hydrogens is 296 g/mol. The molecule has 0 saturated carbocycles. The molecule has 5 heteroatoms. The molecule has 0 aromatic heterocycles. The van der Waals surface area contributed by atoms with Crippen molar-refractivity contribution in [1.29, 1.82) is 5.26 Å². The monoisotopic (exact) mass is 305 g/mol. The van der Waals surface area contributed by atoms with Gasteiger partial charge in [0.1, 0.15) is 17.6 Å². The normalized spacial score (nSPS) is 11.8. The molecule has 2 nitrogen and oxygen atoms in total. The Morgan fingerprint density at radius 3 is 2.52 bits per heavy atom. The minimum absolute atomic E-state index is 0.135. The molecule has 2 rings (SSSR count). The summed E-state index contributed by atoms with van der Waals surface area (Å²) < 4.78 is 27.8. The number of carbonyl (C=O) groups excluding carboxylic acids is 1. The fourth-order valence-corrected chi connectivity index (χ4v) is 2.25. The van der Waals surface area contributed by atoms with E-state index in [-0.39, 0.29) is 16.1 Å². The first-order valence-electron chi connectivity index (χ1n) is 6.10. The third kappa shape index (κ3) is 2.79. The summed E-state index contributed by atoms with van der Waals surface area (Å²) in [5.74, 6) is -4.24. The van der Waals surface area contributed by atoms with Crippen molar-refractivity contribution >= 4 is 17.4 Å². The van der Waals surface area contributed by atoms with E-state index in [9.17, 15) is 18.8 Å². The summed E-state index contributed by atoms with van der Waals surface area (Å²) >= 11 is 5.95. The number of hydrogen-bond donors (Lipinski definition) is 0. The largest absolute Gasteiger partial charge is 0.292 e. The van der Waals surface area contributed by atoms with Crippen molar-refractivity contribution in [3.8, 4) is 6.07 Å². The van der Waals surface area contributed by atoms with E-state index in [4.69, 9.17) is 11.6 Å². The highest BCUT2D eigenvalue weighted by Gasteiger charge is 2.29. The smallest absolute Gasteiger partial charge is 0.190 e. The quantitative estimate of drug-likeness (QED) is 0.788. The lowest BCUT2D eigenvalue weighted by Gasteiger charge is -2.12. The minimum atomic E-state index is -1.36. The Labute approximate surface area is 125 Å². The van der Waals surface area contributed by atoms with Gasteiger partial charge < -0.3 is 0 Å². The molecule has 0 N–H and O–H groups in total. The summed E-state index contributed by atoms with van der Waals surface area (Å²) in [6.45, 7) is 1.42. The lowest BCUT2D eigenvalue weighted by atomic mass is 9.90. The van der Waals surface area contributed by atoms with E-state index in [1.54, 1.807) is 18.2 Å². The van der Waals surface area contributed by atoms with E-state index >= 15 is 0 Å². The lowest BCUT2D eigenvalue weighted by molar-refractivity contribution is 0.0970. The Bertz CT molecular complexity index is 752. The number of carbonyl (C=O) groups is 1. The summed E-state index contributed by atoms with van der Waals surface area (Å²) in [6.07, 6.45) is 0. The van der Waals surface area contributed by atoms with Crippen LogP contribution in [-0.4, -0.2) is 5.78 Å². The summed E-state index contributed by atoms with van der Waals surface area (Å²) in [4.78, 5) is 12.4. The molecule has 1 atom stereocenters. The van der Waals surface area contributed by atoms with Gasteiger partial charge in [0.05, 0.1) is 11.6 Å². The third-order valence-corrected chi connectivity index (χ3v) is 3.48.